The van der Waals surface area contributed by atoms with Crippen LogP contribution in [-0.2, 0) is 4.74 Å². The van der Waals surface area contributed by atoms with Crippen LogP contribution in [0.3, 0.4) is 0 Å². The molecular formula is C15H13ClN4O2. The first-order valence-electron chi connectivity index (χ1n) is 6.59. The Balaban J connectivity index is 2.25. The number of hydrogen-bond acceptors (Lipinski definition) is 5. The van der Waals surface area contributed by atoms with Crippen LogP contribution in [0.4, 0.5) is 0 Å². The zero-order valence-corrected chi connectivity index (χ0v) is 13.0. The topological polar surface area (TPSA) is 69.4 Å². The second-order valence-corrected chi connectivity index (χ2v) is 5.26. The maximum Gasteiger partial charge on any atom is 0.360 e. The standard InChI is InChI=1S/C15H13ClN4O2/c1-8-12(10-4-6-11(16)7-5-10)14-18-17-13(15(21)22-3)9(2)20(14)19-8/h4-7H,1-3H3. The van der Waals surface area contributed by atoms with Gasteiger partial charge >= 0.3 is 5.97 Å². The van der Waals surface area contributed by atoms with E-state index in [0.717, 1.165) is 16.8 Å². The third-order valence-corrected chi connectivity index (χ3v) is 3.70. The highest BCUT2D eigenvalue weighted by Crippen LogP contribution is 2.28. The van der Waals surface area contributed by atoms with E-state index in [0.29, 0.717) is 16.4 Å². The molecule has 7 heteroatoms. The van der Waals surface area contributed by atoms with Crippen LogP contribution < -0.4 is 0 Å². The SMILES string of the molecule is COC(=O)c1nnc2c(-c3ccc(Cl)cc3)c(C)nn2c1C. The zero-order chi connectivity index (χ0) is 15.9. The van der Waals surface area contributed by atoms with Crippen molar-refractivity contribution in [2.75, 3.05) is 7.11 Å². The molecule has 22 heavy (non-hydrogen) atoms. The molecule has 0 aliphatic carbocycles. The number of benzene rings is 1. The number of carbonyl (C=O) groups is 1. The Hall–Kier alpha value is -2.47. The quantitative estimate of drug-likeness (QED) is 0.680. The minimum Gasteiger partial charge on any atom is -0.464 e. The van der Waals surface area contributed by atoms with Gasteiger partial charge in [-0.15, -0.1) is 10.2 Å². The number of methoxy groups -OCH3 is 1. The van der Waals surface area contributed by atoms with E-state index >= 15 is 0 Å². The van der Waals surface area contributed by atoms with E-state index in [4.69, 9.17) is 16.3 Å². The number of rotatable bonds is 2. The van der Waals surface area contributed by atoms with Gasteiger partial charge in [0.2, 0.25) is 0 Å². The number of halogens is 1. The van der Waals surface area contributed by atoms with E-state index in [1.807, 2.05) is 31.2 Å². The van der Waals surface area contributed by atoms with Gasteiger partial charge in [-0.1, -0.05) is 23.7 Å². The van der Waals surface area contributed by atoms with Crippen molar-refractivity contribution in [2.24, 2.45) is 0 Å². The van der Waals surface area contributed by atoms with Crippen LogP contribution in [0.15, 0.2) is 24.3 Å². The molecule has 2 heterocycles. The molecule has 0 N–H and O–H groups in total. The Morgan fingerprint density at radius 1 is 1.18 bits per heavy atom. The molecule has 0 unspecified atom stereocenters. The number of aromatic nitrogens is 4. The van der Waals surface area contributed by atoms with Crippen molar-refractivity contribution >= 4 is 23.2 Å². The average Bonchev–Trinajstić information content (AvgIpc) is 2.85. The second-order valence-electron chi connectivity index (χ2n) is 4.83. The van der Waals surface area contributed by atoms with E-state index in [9.17, 15) is 4.79 Å². The number of fused-ring (bicyclic) bond motifs is 1. The lowest BCUT2D eigenvalue weighted by molar-refractivity contribution is 0.0590. The highest BCUT2D eigenvalue weighted by Gasteiger charge is 2.20. The van der Waals surface area contributed by atoms with Gasteiger partial charge in [-0.25, -0.2) is 9.31 Å². The summed E-state index contributed by atoms with van der Waals surface area (Å²) in [5.74, 6) is -0.534. The average molecular weight is 317 g/mol. The van der Waals surface area contributed by atoms with Crippen LogP contribution >= 0.6 is 11.6 Å². The van der Waals surface area contributed by atoms with Crippen molar-refractivity contribution in [1.82, 2.24) is 19.8 Å². The summed E-state index contributed by atoms with van der Waals surface area (Å²) in [6.45, 7) is 3.64. The van der Waals surface area contributed by atoms with Crippen LogP contribution in [0.25, 0.3) is 16.8 Å². The molecule has 0 radical (unpaired) electrons. The normalized spacial score (nSPS) is 10.9. The third kappa shape index (κ3) is 2.21. The Bertz CT molecular complexity index is 871. The van der Waals surface area contributed by atoms with Gasteiger partial charge in [0.1, 0.15) is 0 Å². The van der Waals surface area contributed by atoms with Gasteiger partial charge < -0.3 is 4.74 Å². The minimum absolute atomic E-state index is 0.153. The summed E-state index contributed by atoms with van der Waals surface area (Å²) in [5, 5.41) is 13.3. The van der Waals surface area contributed by atoms with E-state index in [1.54, 1.807) is 11.4 Å². The summed E-state index contributed by atoms with van der Waals surface area (Å²) in [5.41, 5.74) is 3.92. The molecule has 0 saturated carbocycles. The number of esters is 1. The molecule has 0 fully saturated rings. The maximum atomic E-state index is 11.7. The van der Waals surface area contributed by atoms with Crippen molar-refractivity contribution < 1.29 is 9.53 Å². The summed E-state index contributed by atoms with van der Waals surface area (Å²) in [6.07, 6.45) is 0. The van der Waals surface area contributed by atoms with Gasteiger partial charge in [0.25, 0.3) is 0 Å². The number of ether oxygens (including phenoxy) is 1. The summed E-state index contributed by atoms with van der Waals surface area (Å²) in [7, 11) is 1.31. The first kappa shape index (κ1) is 14.5. The molecule has 2 aromatic heterocycles. The lowest BCUT2D eigenvalue weighted by Crippen LogP contribution is -2.12. The molecule has 0 bridgehead atoms. The van der Waals surface area contributed by atoms with Crippen molar-refractivity contribution in [3.63, 3.8) is 0 Å². The van der Waals surface area contributed by atoms with Gasteiger partial charge in [0.15, 0.2) is 11.3 Å². The largest absolute Gasteiger partial charge is 0.464 e. The first-order chi connectivity index (χ1) is 10.5. The molecular weight excluding hydrogens is 304 g/mol. The van der Waals surface area contributed by atoms with Crippen LogP contribution in [0.2, 0.25) is 5.02 Å². The zero-order valence-electron chi connectivity index (χ0n) is 12.3. The van der Waals surface area contributed by atoms with E-state index < -0.39 is 5.97 Å². The predicted molar refractivity (Wildman–Crippen MR) is 82.0 cm³/mol. The number of aryl methyl sites for hydroxylation is 2. The smallest absolute Gasteiger partial charge is 0.360 e. The summed E-state index contributed by atoms with van der Waals surface area (Å²) >= 11 is 5.93. The Morgan fingerprint density at radius 2 is 1.86 bits per heavy atom. The Labute approximate surface area is 131 Å². The number of nitrogens with zero attached hydrogens (tertiary/aromatic N) is 4. The Kier molecular flexibility index (Phi) is 3.54. The minimum atomic E-state index is -0.534. The monoisotopic (exact) mass is 316 g/mol. The Morgan fingerprint density at radius 3 is 2.50 bits per heavy atom. The molecule has 3 rings (SSSR count). The summed E-state index contributed by atoms with van der Waals surface area (Å²) in [6, 6.07) is 7.42. The van der Waals surface area contributed by atoms with Crippen LogP contribution in [0.1, 0.15) is 21.9 Å². The lowest BCUT2D eigenvalue weighted by atomic mass is 10.1. The highest BCUT2D eigenvalue weighted by molar-refractivity contribution is 6.30. The van der Waals surface area contributed by atoms with Crippen molar-refractivity contribution in [1.29, 1.82) is 0 Å². The molecule has 0 spiro atoms. The van der Waals surface area contributed by atoms with Crippen LogP contribution in [0.5, 0.6) is 0 Å². The van der Waals surface area contributed by atoms with Gasteiger partial charge in [-0.05, 0) is 31.5 Å². The van der Waals surface area contributed by atoms with E-state index in [1.165, 1.54) is 7.11 Å². The van der Waals surface area contributed by atoms with E-state index in [-0.39, 0.29) is 5.69 Å². The molecule has 0 amide bonds. The van der Waals surface area contributed by atoms with Crippen LogP contribution in [0, 0.1) is 13.8 Å². The fourth-order valence-corrected chi connectivity index (χ4v) is 2.48. The van der Waals surface area contributed by atoms with Crippen molar-refractivity contribution in [2.45, 2.75) is 13.8 Å². The van der Waals surface area contributed by atoms with Crippen LogP contribution in [-0.4, -0.2) is 32.9 Å². The third-order valence-electron chi connectivity index (χ3n) is 3.45. The predicted octanol–water partition coefficient (Wildman–Crippen LogP) is 2.85. The molecule has 3 aromatic rings. The maximum absolute atomic E-state index is 11.7. The molecule has 6 nitrogen and oxygen atoms in total. The van der Waals surface area contributed by atoms with Crippen molar-refractivity contribution in [3.05, 3.63) is 46.4 Å². The van der Waals surface area contributed by atoms with E-state index in [2.05, 4.69) is 15.3 Å². The van der Waals surface area contributed by atoms with Crippen molar-refractivity contribution in [3.8, 4) is 11.1 Å². The summed E-state index contributed by atoms with van der Waals surface area (Å²) < 4.78 is 6.31. The molecule has 0 aliphatic heterocycles. The second kappa shape index (κ2) is 5.38. The fourth-order valence-electron chi connectivity index (χ4n) is 2.35. The fraction of sp³-hybridized carbons (Fsp3) is 0.200. The number of carbonyl (C=O) groups excluding carboxylic acids is 1. The van der Waals surface area contributed by atoms with Gasteiger partial charge in [0, 0.05) is 5.02 Å². The number of hydrogen-bond donors (Lipinski definition) is 0. The van der Waals surface area contributed by atoms with Gasteiger partial charge in [0.05, 0.1) is 24.1 Å². The molecule has 1 aromatic carbocycles. The molecule has 0 saturated heterocycles. The highest BCUT2D eigenvalue weighted by atomic mass is 35.5. The molecule has 112 valence electrons. The lowest BCUT2D eigenvalue weighted by Gasteiger charge is -2.04. The van der Waals surface area contributed by atoms with Gasteiger partial charge in [-0.3, -0.25) is 0 Å². The molecule has 0 atom stereocenters. The molecule has 0 aliphatic rings. The van der Waals surface area contributed by atoms with Gasteiger partial charge in [-0.2, -0.15) is 5.10 Å². The first-order valence-corrected chi connectivity index (χ1v) is 6.97. The summed E-state index contributed by atoms with van der Waals surface area (Å²) in [4.78, 5) is 11.7.